The number of hydrogen-bond donors (Lipinski definition) is 3. The molecule has 3 N–H and O–H groups in total. The summed E-state index contributed by atoms with van der Waals surface area (Å²) in [6, 6.07) is 13.1. The van der Waals surface area contributed by atoms with E-state index in [2.05, 4.69) is 22.4 Å². The van der Waals surface area contributed by atoms with Gasteiger partial charge in [0, 0.05) is 16.8 Å². The van der Waals surface area contributed by atoms with Crippen LogP contribution in [0, 0.1) is 22.3 Å². The van der Waals surface area contributed by atoms with Gasteiger partial charge < -0.3 is 15.6 Å². The van der Waals surface area contributed by atoms with Crippen molar-refractivity contribution in [2.24, 2.45) is 5.10 Å². The van der Waals surface area contributed by atoms with E-state index < -0.39 is 5.23 Å². The topological polar surface area (TPSA) is 117 Å². The minimum atomic E-state index is -0.636. The number of hydrazone groups is 1. The normalized spacial score (nSPS) is 11.5. The van der Waals surface area contributed by atoms with E-state index in [1.165, 1.54) is 12.1 Å². The molecule has 2 aromatic carbocycles. The average molecular weight is 366 g/mol. The van der Waals surface area contributed by atoms with E-state index in [-0.39, 0.29) is 22.3 Å². The number of allylic oxidation sites excluding steroid dienone is 2. The van der Waals surface area contributed by atoms with Gasteiger partial charge in [-0.3, -0.25) is 15.8 Å². The summed E-state index contributed by atoms with van der Waals surface area (Å²) in [7, 11) is 0. The predicted octanol–water partition coefficient (Wildman–Crippen LogP) is 3.86. The van der Waals surface area contributed by atoms with Gasteiger partial charge in [0.25, 0.3) is 0 Å². The van der Waals surface area contributed by atoms with Gasteiger partial charge in [0.1, 0.15) is 5.69 Å². The maximum Gasteiger partial charge on any atom is 0.121 e. The van der Waals surface area contributed by atoms with Crippen LogP contribution >= 0.6 is 0 Å². The fourth-order valence-electron chi connectivity index (χ4n) is 2.12. The smallest absolute Gasteiger partial charge is 0.121 e. The summed E-state index contributed by atoms with van der Waals surface area (Å²) in [4.78, 5) is 0. The van der Waals surface area contributed by atoms with Crippen molar-refractivity contribution in [2.75, 3.05) is 15.9 Å². The second-order valence-corrected chi connectivity index (χ2v) is 5.56. The molecule has 0 saturated heterocycles. The Hall–Kier alpha value is -3.35. The van der Waals surface area contributed by atoms with E-state index in [1.54, 1.807) is 13.0 Å². The van der Waals surface area contributed by atoms with Crippen LogP contribution in [-0.4, -0.2) is 16.1 Å². The average Bonchev–Trinajstić information content (AvgIpc) is 2.65. The van der Waals surface area contributed by atoms with Crippen LogP contribution in [-0.2, 0) is 0 Å². The number of rotatable bonds is 5. The Balaban J connectivity index is 2.14. The molecule has 27 heavy (non-hydrogen) atoms. The molecule has 8 heteroatoms. The fraction of sp³-hybridized carbons (Fsp3) is 0.105. The van der Waals surface area contributed by atoms with Crippen molar-refractivity contribution in [1.29, 1.82) is 0 Å². The molecule has 0 amide bonds. The highest BCUT2D eigenvalue weighted by Gasteiger charge is 2.08. The Morgan fingerprint density at radius 1 is 1.11 bits per heavy atom. The number of nitrogens with one attached hydrogen (secondary N) is 1. The highest BCUT2D eigenvalue weighted by molar-refractivity contribution is 5.94. The van der Waals surface area contributed by atoms with Crippen molar-refractivity contribution in [3.8, 4) is 11.8 Å². The van der Waals surface area contributed by atoms with E-state index >= 15 is 0 Å². The van der Waals surface area contributed by atoms with Crippen molar-refractivity contribution in [1.82, 2.24) is 0 Å². The highest BCUT2D eigenvalue weighted by Crippen LogP contribution is 2.29. The molecule has 0 aromatic heterocycles. The number of hydrogen-bond acceptors (Lipinski definition) is 8. The molecule has 0 aliphatic rings. The van der Waals surface area contributed by atoms with Crippen LogP contribution in [0.3, 0.4) is 0 Å². The zero-order chi connectivity index (χ0) is 19.8. The van der Waals surface area contributed by atoms with E-state index in [0.29, 0.717) is 5.71 Å². The summed E-state index contributed by atoms with van der Waals surface area (Å²) >= 11 is 0. The Labute approximate surface area is 156 Å². The maximum atomic E-state index is 10.8. The van der Waals surface area contributed by atoms with Gasteiger partial charge in [0.05, 0.1) is 11.4 Å². The van der Waals surface area contributed by atoms with Gasteiger partial charge >= 0.3 is 0 Å². The molecular formula is C19H18N4O4-2. The third-order valence-corrected chi connectivity index (χ3v) is 3.36. The molecule has 0 fully saturated rings. The summed E-state index contributed by atoms with van der Waals surface area (Å²) in [6.45, 7) is 3.58. The SMILES string of the molecule is CC(C#Cc1ccccc1)=CC(C)=NNc1ccc(N([O-])[O-])cc1N(O)O. The zero-order valence-corrected chi connectivity index (χ0v) is 14.7. The maximum absolute atomic E-state index is 10.8. The summed E-state index contributed by atoms with van der Waals surface area (Å²) in [5.74, 6) is 6.05. The van der Waals surface area contributed by atoms with E-state index in [1.807, 2.05) is 37.3 Å². The lowest BCUT2D eigenvalue weighted by atomic mass is 10.2. The lowest BCUT2D eigenvalue weighted by molar-refractivity contribution is 0.0295. The number of nitrogens with zero attached hydrogens (tertiary/aromatic N) is 3. The summed E-state index contributed by atoms with van der Waals surface area (Å²) in [5, 5.41) is 43.4. The lowest BCUT2D eigenvalue weighted by Crippen LogP contribution is -2.14. The van der Waals surface area contributed by atoms with E-state index in [9.17, 15) is 20.8 Å². The van der Waals surface area contributed by atoms with Gasteiger partial charge in [-0.05, 0) is 50.3 Å². The van der Waals surface area contributed by atoms with Crippen LogP contribution in [0.15, 0.2) is 65.3 Å². The number of benzene rings is 2. The minimum Gasteiger partial charge on any atom is -0.769 e. The van der Waals surface area contributed by atoms with Crippen LogP contribution in [0.4, 0.5) is 17.1 Å². The molecule has 8 nitrogen and oxygen atoms in total. The van der Waals surface area contributed by atoms with Crippen LogP contribution in [0.2, 0.25) is 0 Å². The molecule has 0 bridgehead atoms. The second kappa shape index (κ2) is 9.38. The quantitative estimate of drug-likeness (QED) is 0.418. The molecule has 2 rings (SSSR count). The van der Waals surface area contributed by atoms with Crippen molar-refractivity contribution in [3.05, 3.63) is 76.2 Å². The lowest BCUT2D eigenvalue weighted by Gasteiger charge is -2.37. The van der Waals surface area contributed by atoms with Crippen molar-refractivity contribution < 1.29 is 10.4 Å². The summed E-state index contributed by atoms with van der Waals surface area (Å²) in [6.07, 6.45) is 1.75. The largest absolute Gasteiger partial charge is 0.769 e. The molecule has 0 saturated carbocycles. The molecule has 2 aromatic rings. The first-order chi connectivity index (χ1) is 12.9. The van der Waals surface area contributed by atoms with Crippen molar-refractivity contribution in [3.63, 3.8) is 0 Å². The fourth-order valence-corrected chi connectivity index (χ4v) is 2.12. The Kier molecular flexibility index (Phi) is 6.93. The Morgan fingerprint density at radius 3 is 2.44 bits per heavy atom. The summed E-state index contributed by atoms with van der Waals surface area (Å²) in [5.41, 5.74) is 4.63. The van der Waals surface area contributed by atoms with E-state index in [4.69, 9.17) is 0 Å². The standard InChI is InChI=1S/C19H18N4O4/c1-14(8-9-16-6-4-3-5-7-16)12-15(2)20-21-18-11-10-17(22(24)25)13-19(18)23(26)27/h3-7,10-13,21,26-27H,1-2H3/q-2. The van der Waals surface area contributed by atoms with Crippen molar-refractivity contribution in [2.45, 2.75) is 13.8 Å². The highest BCUT2D eigenvalue weighted by atomic mass is 16.8. The van der Waals surface area contributed by atoms with Gasteiger partial charge in [0.15, 0.2) is 0 Å². The molecule has 140 valence electrons. The summed E-state index contributed by atoms with van der Waals surface area (Å²) < 4.78 is 0. The Morgan fingerprint density at radius 2 is 1.81 bits per heavy atom. The molecule has 0 atom stereocenters. The first-order valence-corrected chi connectivity index (χ1v) is 7.89. The predicted molar refractivity (Wildman–Crippen MR) is 106 cm³/mol. The molecule has 0 aliphatic carbocycles. The van der Waals surface area contributed by atoms with Gasteiger partial charge in [-0.2, -0.15) is 5.10 Å². The first-order valence-electron chi connectivity index (χ1n) is 7.89. The van der Waals surface area contributed by atoms with Crippen LogP contribution in [0.1, 0.15) is 19.4 Å². The molecule has 0 aliphatic heterocycles. The van der Waals surface area contributed by atoms with Gasteiger partial charge in [-0.25, -0.2) is 0 Å². The van der Waals surface area contributed by atoms with Gasteiger partial charge in [-0.15, -0.1) is 5.23 Å². The third kappa shape index (κ3) is 6.14. The molecular weight excluding hydrogens is 348 g/mol. The first kappa shape index (κ1) is 20.0. The molecule has 0 heterocycles. The Bertz CT molecular complexity index is 897. The zero-order valence-electron chi connectivity index (χ0n) is 14.7. The second-order valence-electron chi connectivity index (χ2n) is 5.56. The minimum absolute atomic E-state index is 0.186. The van der Waals surface area contributed by atoms with Gasteiger partial charge in [-0.1, -0.05) is 30.0 Å². The van der Waals surface area contributed by atoms with E-state index in [0.717, 1.165) is 17.2 Å². The molecule has 0 radical (unpaired) electrons. The van der Waals surface area contributed by atoms with Crippen LogP contribution in [0.25, 0.3) is 0 Å². The van der Waals surface area contributed by atoms with Crippen LogP contribution in [0.5, 0.6) is 0 Å². The third-order valence-electron chi connectivity index (χ3n) is 3.36. The molecule has 0 unspecified atom stereocenters. The van der Waals surface area contributed by atoms with Crippen molar-refractivity contribution >= 4 is 22.8 Å². The molecule has 0 spiro atoms. The number of anilines is 3. The monoisotopic (exact) mass is 366 g/mol. The van der Waals surface area contributed by atoms with Crippen LogP contribution < -0.4 is 15.9 Å². The van der Waals surface area contributed by atoms with Gasteiger partial charge in [0.2, 0.25) is 0 Å².